The zero-order chi connectivity index (χ0) is 18.2. The number of hydrogen-bond acceptors (Lipinski definition) is 3. The van der Waals surface area contributed by atoms with Gasteiger partial charge in [0.05, 0.1) is 18.8 Å². The van der Waals surface area contributed by atoms with E-state index in [2.05, 4.69) is 26.6 Å². The van der Waals surface area contributed by atoms with Crippen molar-refractivity contribution in [2.45, 2.75) is 13.3 Å². The van der Waals surface area contributed by atoms with Gasteiger partial charge in [0.1, 0.15) is 0 Å². The molecule has 0 heterocycles. The summed E-state index contributed by atoms with van der Waals surface area (Å²) in [5.41, 5.74) is 2.62. The van der Waals surface area contributed by atoms with Crippen molar-refractivity contribution in [3.05, 3.63) is 58.6 Å². The topological polar surface area (TPSA) is 61.4 Å². The summed E-state index contributed by atoms with van der Waals surface area (Å²) in [5, 5.41) is 5.73. The Morgan fingerprint density at radius 1 is 0.920 bits per heavy atom. The van der Waals surface area contributed by atoms with E-state index in [1.54, 1.807) is 11.9 Å². The maximum atomic E-state index is 12.2. The number of rotatable bonds is 7. The van der Waals surface area contributed by atoms with Gasteiger partial charge in [0.25, 0.3) is 0 Å². The molecule has 2 aromatic rings. The molecule has 0 aliphatic heterocycles. The molecule has 2 rings (SSSR count). The van der Waals surface area contributed by atoms with E-state index >= 15 is 0 Å². The van der Waals surface area contributed by atoms with Crippen LogP contribution in [0.25, 0.3) is 0 Å². The van der Waals surface area contributed by atoms with E-state index in [0.29, 0.717) is 5.69 Å². The van der Waals surface area contributed by atoms with Crippen LogP contribution in [-0.4, -0.2) is 36.9 Å². The first-order valence-corrected chi connectivity index (χ1v) is 8.89. The molecule has 0 aromatic heterocycles. The minimum Gasteiger partial charge on any atom is -0.325 e. The van der Waals surface area contributed by atoms with Gasteiger partial charge < -0.3 is 10.6 Å². The lowest BCUT2D eigenvalue weighted by molar-refractivity contribution is -0.119. The average molecular weight is 404 g/mol. The second kappa shape index (κ2) is 9.34. The molecule has 2 N–H and O–H groups in total. The van der Waals surface area contributed by atoms with Gasteiger partial charge in [-0.1, -0.05) is 37.3 Å². The first-order valence-electron chi connectivity index (χ1n) is 8.10. The maximum absolute atomic E-state index is 12.2. The van der Waals surface area contributed by atoms with E-state index < -0.39 is 0 Å². The molecule has 0 unspecified atom stereocenters. The number of hydrogen-bond donors (Lipinski definition) is 2. The van der Waals surface area contributed by atoms with Crippen LogP contribution in [0, 0.1) is 0 Å². The highest BCUT2D eigenvalue weighted by Crippen LogP contribution is 2.21. The van der Waals surface area contributed by atoms with Gasteiger partial charge in [-0.05, 0) is 53.2 Å². The fourth-order valence-corrected chi connectivity index (χ4v) is 2.82. The van der Waals surface area contributed by atoms with E-state index in [9.17, 15) is 9.59 Å². The number of likely N-dealkylation sites (N-methyl/N-ethyl adjacent to an activating group) is 1. The van der Waals surface area contributed by atoms with E-state index in [4.69, 9.17) is 0 Å². The summed E-state index contributed by atoms with van der Waals surface area (Å²) in [6, 6.07) is 15.1. The number of carbonyl (C=O) groups is 2. The van der Waals surface area contributed by atoms with Crippen molar-refractivity contribution in [3.63, 3.8) is 0 Å². The molecule has 0 saturated carbocycles. The van der Waals surface area contributed by atoms with Gasteiger partial charge in [-0.2, -0.15) is 0 Å². The van der Waals surface area contributed by atoms with Gasteiger partial charge in [-0.25, -0.2) is 0 Å². The Morgan fingerprint density at radius 3 is 2.04 bits per heavy atom. The van der Waals surface area contributed by atoms with Crippen LogP contribution in [0.4, 0.5) is 11.4 Å². The van der Waals surface area contributed by atoms with Crippen molar-refractivity contribution >= 4 is 39.1 Å². The van der Waals surface area contributed by atoms with E-state index in [1.165, 1.54) is 0 Å². The lowest BCUT2D eigenvalue weighted by Gasteiger charge is -2.17. The molecule has 0 aliphatic carbocycles. The predicted molar refractivity (Wildman–Crippen MR) is 105 cm³/mol. The Balaban J connectivity index is 1.85. The quantitative estimate of drug-likeness (QED) is 0.743. The number of halogens is 1. The molecule has 0 atom stereocenters. The summed E-state index contributed by atoms with van der Waals surface area (Å²) in [4.78, 5) is 26.0. The van der Waals surface area contributed by atoms with Crippen LogP contribution < -0.4 is 10.6 Å². The molecular formula is C19H22BrN3O2. The van der Waals surface area contributed by atoms with Crippen LogP contribution in [0.2, 0.25) is 0 Å². The number of carbonyl (C=O) groups excluding carboxylic acids is 2. The number of aryl methyl sites for hydroxylation is 1. The molecule has 5 nitrogen and oxygen atoms in total. The fraction of sp³-hybridized carbons (Fsp3) is 0.263. The fourth-order valence-electron chi connectivity index (χ4n) is 2.44. The normalized spacial score (nSPS) is 10.6. The summed E-state index contributed by atoms with van der Waals surface area (Å²) in [7, 11) is 1.74. The van der Waals surface area contributed by atoms with Crippen LogP contribution in [0.1, 0.15) is 12.5 Å². The average Bonchev–Trinajstić information content (AvgIpc) is 2.57. The molecular weight excluding hydrogens is 382 g/mol. The monoisotopic (exact) mass is 403 g/mol. The molecule has 25 heavy (non-hydrogen) atoms. The van der Waals surface area contributed by atoms with E-state index in [1.807, 2.05) is 55.5 Å². The Morgan fingerprint density at radius 2 is 1.44 bits per heavy atom. The molecule has 0 spiro atoms. The first-order chi connectivity index (χ1) is 12.0. The highest BCUT2D eigenvalue weighted by Gasteiger charge is 2.12. The highest BCUT2D eigenvalue weighted by atomic mass is 79.9. The summed E-state index contributed by atoms with van der Waals surface area (Å²) in [6.07, 6.45) is 0.848. The van der Waals surface area contributed by atoms with Gasteiger partial charge in [0, 0.05) is 10.2 Å². The Bertz CT molecular complexity index is 749. The Labute approximate surface area is 156 Å². The SMILES string of the molecule is CCc1ccccc1NC(=O)CN(C)CC(=O)Nc1ccccc1Br. The van der Waals surface area contributed by atoms with E-state index in [0.717, 1.165) is 22.1 Å². The van der Waals surface area contributed by atoms with Crippen molar-refractivity contribution in [3.8, 4) is 0 Å². The summed E-state index contributed by atoms with van der Waals surface area (Å²) in [5.74, 6) is -0.312. The van der Waals surface area contributed by atoms with Crippen LogP contribution in [0.3, 0.4) is 0 Å². The Hall–Kier alpha value is -2.18. The number of nitrogens with one attached hydrogen (secondary N) is 2. The van der Waals surface area contributed by atoms with Crippen molar-refractivity contribution in [1.29, 1.82) is 0 Å². The third kappa shape index (κ3) is 5.99. The molecule has 132 valence electrons. The summed E-state index contributed by atoms with van der Waals surface area (Å²) in [6.45, 7) is 2.31. The third-order valence-corrected chi connectivity index (χ3v) is 4.34. The third-order valence-electron chi connectivity index (χ3n) is 3.65. The molecule has 0 fully saturated rings. The lowest BCUT2D eigenvalue weighted by atomic mass is 10.1. The van der Waals surface area contributed by atoms with Gasteiger partial charge in [0.2, 0.25) is 11.8 Å². The predicted octanol–water partition coefficient (Wildman–Crippen LogP) is 3.52. The molecule has 0 bridgehead atoms. The first kappa shape index (κ1) is 19.1. The van der Waals surface area contributed by atoms with Gasteiger partial charge in [0.15, 0.2) is 0 Å². The van der Waals surface area contributed by atoms with Gasteiger partial charge in [-0.3, -0.25) is 14.5 Å². The zero-order valence-electron chi connectivity index (χ0n) is 14.4. The van der Waals surface area contributed by atoms with Crippen LogP contribution in [0.5, 0.6) is 0 Å². The minimum absolute atomic E-state index is 0.129. The Kier molecular flexibility index (Phi) is 7.16. The van der Waals surface area contributed by atoms with Crippen LogP contribution >= 0.6 is 15.9 Å². The minimum atomic E-state index is -0.170. The number of para-hydroxylation sites is 2. The second-order valence-corrected chi connectivity index (χ2v) is 6.61. The largest absolute Gasteiger partial charge is 0.325 e. The standard InChI is InChI=1S/C19H22BrN3O2/c1-3-14-8-4-6-10-16(14)21-18(24)12-23(2)13-19(25)22-17-11-7-5-9-15(17)20/h4-11H,3,12-13H2,1-2H3,(H,21,24)(H,22,25). The maximum Gasteiger partial charge on any atom is 0.238 e. The van der Waals surface area contributed by atoms with Crippen LogP contribution in [0.15, 0.2) is 53.0 Å². The van der Waals surface area contributed by atoms with Crippen LogP contribution in [-0.2, 0) is 16.0 Å². The smallest absolute Gasteiger partial charge is 0.238 e. The molecule has 2 aromatic carbocycles. The number of anilines is 2. The summed E-state index contributed by atoms with van der Waals surface area (Å²) < 4.78 is 0.819. The number of nitrogens with zero attached hydrogens (tertiary/aromatic N) is 1. The molecule has 0 saturated heterocycles. The van der Waals surface area contributed by atoms with Crippen molar-refractivity contribution in [2.24, 2.45) is 0 Å². The van der Waals surface area contributed by atoms with Crippen molar-refractivity contribution in [2.75, 3.05) is 30.8 Å². The molecule has 2 amide bonds. The highest BCUT2D eigenvalue weighted by molar-refractivity contribution is 9.10. The lowest BCUT2D eigenvalue weighted by Crippen LogP contribution is -2.36. The zero-order valence-corrected chi connectivity index (χ0v) is 16.0. The second-order valence-electron chi connectivity index (χ2n) is 5.76. The van der Waals surface area contributed by atoms with E-state index in [-0.39, 0.29) is 24.9 Å². The number of amides is 2. The van der Waals surface area contributed by atoms with Gasteiger partial charge in [-0.15, -0.1) is 0 Å². The van der Waals surface area contributed by atoms with Gasteiger partial charge >= 0.3 is 0 Å². The molecule has 6 heteroatoms. The molecule has 0 radical (unpaired) electrons. The molecule has 0 aliphatic rings. The van der Waals surface area contributed by atoms with Crippen molar-refractivity contribution < 1.29 is 9.59 Å². The number of benzene rings is 2. The summed E-state index contributed by atoms with van der Waals surface area (Å²) >= 11 is 3.39. The van der Waals surface area contributed by atoms with Crippen molar-refractivity contribution in [1.82, 2.24) is 4.90 Å².